The lowest BCUT2D eigenvalue weighted by atomic mass is 9.46. The predicted octanol–water partition coefficient (Wildman–Crippen LogP) is 5.68. The number of hydrogen-bond donors (Lipinski definition) is 0. The van der Waals surface area contributed by atoms with Gasteiger partial charge in [0.05, 0.1) is 0 Å². The van der Waals surface area contributed by atoms with Gasteiger partial charge in [-0.3, -0.25) is 4.79 Å². The van der Waals surface area contributed by atoms with Crippen molar-refractivity contribution in [2.75, 3.05) is 0 Å². The third-order valence-corrected chi connectivity index (χ3v) is 7.63. The Bertz CT molecular complexity index is 573. The van der Waals surface area contributed by atoms with Crippen molar-refractivity contribution in [3.63, 3.8) is 0 Å². The van der Waals surface area contributed by atoms with E-state index in [9.17, 15) is 4.79 Å². The highest BCUT2D eigenvalue weighted by molar-refractivity contribution is 5.66. The summed E-state index contributed by atoms with van der Waals surface area (Å²) in [6.45, 7) is 15.1. The third-order valence-electron chi connectivity index (χ3n) is 7.63. The zero-order chi connectivity index (χ0) is 17.8. The largest absolute Gasteiger partial charge is 0.462 e. The van der Waals surface area contributed by atoms with Crippen LogP contribution in [0.5, 0.6) is 0 Å². The second-order valence-corrected chi connectivity index (χ2v) is 9.63. The summed E-state index contributed by atoms with van der Waals surface area (Å²) in [4.78, 5) is 11.5. The minimum atomic E-state index is -0.135. The molecule has 3 aliphatic carbocycles. The molecule has 3 aliphatic rings. The van der Waals surface area contributed by atoms with Crippen molar-refractivity contribution in [1.29, 1.82) is 0 Å². The molecule has 0 bridgehead atoms. The fourth-order valence-corrected chi connectivity index (χ4v) is 6.23. The smallest absolute Gasteiger partial charge is 0.302 e. The van der Waals surface area contributed by atoms with E-state index in [1.54, 1.807) is 12.5 Å². The molecule has 2 fully saturated rings. The van der Waals surface area contributed by atoms with Crippen molar-refractivity contribution in [3.8, 4) is 0 Å². The minimum Gasteiger partial charge on any atom is -0.462 e. The van der Waals surface area contributed by atoms with Crippen molar-refractivity contribution in [1.82, 2.24) is 0 Å². The molecule has 0 aromatic heterocycles. The van der Waals surface area contributed by atoms with Crippen LogP contribution in [0.25, 0.3) is 0 Å². The first-order chi connectivity index (χ1) is 11.1. The van der Waals surface area contributed by atoms with Gasteiger partial charge in [0.15, 0.2) is 0 Å². The van der Waals surface area contributed by atoms with Gasteiger partial charge in [0.2, 0.25) is 0 Å². The van der Waals surface area contributed by atoms with E-state index >= 15 is 0 Å². The van der Waals surface area contributed by atoms with Crippen LogP contribution in [-0.2, 0) is 9.53 Å². The maximum atomic E-state index is 11.5. The van der Waals surface area contributed by atoms with E-state index < -0.39 is 0 Å². The Morgan fingerprint density at radius 1 is 1.25 bits per heavy atom. The molecule has 0 radical (unpaired) electrons. The molecule has 5 unspecified atom stereocenters. The van der Waals surface area contributed by atoms with Gasteiger partial charge < -0.3 is 4.74 Å². The molecular formula is C22H34O2. The standard InChI is InChI=1S/C22H34O2/c1-7-21(5)12-10-17-16(14-21)8-9-18-20(3,4)19(24-15(2)23)11-13-22(17,18)6/h7,10,16,18-19H,1,8-9,11-14H2,2-6H3. The van der Waals surface area contributed by atoms with Crippen molar-refractivity contribution in [2.24, 2.45) is 28.1 Å². The molecule has 0 saturated heterocycles. The van der Waals surface area contributed by atoms with E-state index in [1.165, 1.54) is 19.3 Å². The molecule has 2 nitrogen and oxygen atoms in total. The molecule has 0 aromatic rings. The van der Waals surface area contributed by atoms with Gasteiger partial charge in [0.25, 0.3) is 0 Å². The monoisotopic (exact) mass is 330 g/mol. The molecule has 3 rings (SSSR count). The molecule has 0 amide bonds. The highest BCUT2D eigenvalue weighted by Crippen LogP contribution is 2.64. The minimum absolute atomic E-state index is 0.0453. The Hall–Kier alpha value is -1.05. The number of fused-ring (bicyclic) bond motifs is 3. The van der Waals surface area contributed by atoms with Crippen LogP contribution in [0.3, 0.4) is 0 Å². The summed E-state index contributed by atoms with van der Waals surface area (Å²) in [6.07, 6.45) is 11.8. The van der Waals surface area contributed by atoms with Crippen LogP contribution in [0, 0.1) is 28.1 Å². The fourth-order valence-electron chi connectivity index (χ4n) is 6.23. The number of rotatable bonds is 2. The van der Waals surface area contributed by atoms with Crippen LogP contribution in [0.2, 0.25) is 0 Å². The fraction of sp³-hybridized carbons (Fsp3) is 0.773. The van der Waals surface area contributed by atoms with Crippen LogP contribution < -0.4 is 0 Å². The van der Waals surface area contributed by atoms with Gasteiger partial charge in [0.1, 0.15) is 6.10 Å². The predicted molar refractivity (Wildman–Crippen MR) is 98.5 cm³/mol. The van der Waals surface area contributed by atoms with Crippen molar-refractivity contribution >= 4 is 5.97 Å². The zero-order valence-corrected chi connectivity index (χ0v) is 16.2. The van der Waals surface area contributed by atoms with Crippen LogP contribution in [-0.4, -0.2) is 12.1 Å². The molecular weight excluding hydrogens is 296 g/mol. The first-order valence-corrected chi connectivity index (χ1v) is 9.64. The molecule has 24 heavy (non-hydrogen) atoms. The molecule has 2 saturated carbocycles. The highest BCUT2D eigenvalue weighted by Gasteiger charge is 2.57. The maximum Gasteiger partial charge on any atom is 0.302 e. The number of ether oxygens (including phenoxy) is 1. The average Bonchev–Trinajstić information content (AvgIpc) is 2.49. The highest BCUT2D eigenvalue weighted by atomic mass is 16.5. The topological polar surface area (TPSA) is 26.3 Å². The van der Waals surface area contributed by atoms with Gasteiger partial charge in [-0.25, -0.2) is 0 Å². The van der Waals surface area contributed by atoms with Gasteiger partial charge in [0, 0.05) is 12.3 Å². The number of allylic oxidation sites excluding steroid dienone is 3. The molecule has 0 spiro atoms. The molecule has 134 valence electrons. The van der Waals surface area contributed by atoms with E-state index in [1.807, 2.05) is 0 Å². The van der Waals surface area contributed by atoms with Gasteiger partial charge in [-0.1, -0.05) is 45.4 Å². The Kier molecular flexibility index (Phi) is 4.25. The number of esters is 1. The summed E-state index contributed by atoms with van der Waals surface area (Å²) < 4.78 is 5.72. The quantitative estimate of drug-likeness (QED) is 0.481. The number of hydrogen-bond acceptors (Lipinski definition) is 2. The van der Waals surface area contributed by atoms with E-state index in [0.717, 1.165) is 19.3 Å². The molecule has 5 atom stereocenters. The van der Waals surface area contributed by atoms with E-state index in [-0.39, 0.29) is 28.3 Å². The van der Waals surface area contributed by atoms with Crippen LogP contribution >= 0.6 is 0 Å². The van der Waals surface area contributed by atoms with Gasteiger partial charge in [-0.05, 0) is 61.2 Å². The Labute approximate surface area is 147 Å². The lowest BCUT2D eigenvalue weighted by Gasteiger charge is -2.60. The average molecular weight is 331 g/mol. The third kappa shape index (κ3) is 2.66. The van der Waals surface area contributed by atoms with E-state index in [4.69, 9.17) is 4.74 Å². The second-order valence-electron chi connectivity index (χ2n) is 9.63. The molecule has 0 heterocycles. The first kappa shape index (κ1) is 17.8. The summed E-state index contributed by atoms with van der Waals surface area (Å²) in [5.41, 5.74) is 2.28. The first-order valence-electron chi connectivity index (χ1n) is 9.64. The van der Waals surface area contributed by atoms with Crippen LogP contribution in [0.4, 0.5) is 0 Å². The molecule has 0 aromatic carbocycles. The van der Waals surface area contributed by atoms with Gasteiger partial charge >= 0.3 is 5.97 Å². The molecule has 0 aliphatic heterocycles. The van der Waals surface area contributed by atoms with Crippen LogP contribution in [0.1, 0.15) is 73.1 Å². The zero-order valence-electron chi connectivity index (χ0n) is 16.2. The summed E-state index contributed by atoms with van der Waals surface area (Å²) in [7, 11) is 0. The lowest BCUT2D eigenvalue weighted by Crippen LogP contribution is -2.55. The lowest BCUT2D eigenvalue weighted by molar-refractivity contribution is -0.168. The summed E-state index contributed by atoms with van der Waals surface area (Å²) >= 11 is 0. The summed E-state index contributed by atoms with van der Waals surface area (Å²) in [5.74, 6) is 1.17. The Balaban J connectivity index is 1.92. The maximum absolute atomic E-state index is 11.5. The molecule has 2 heteroatoms. The normalized spacial score (nSPS) is 43.9. The number of carbonyl (C=O) groups is 1. The van der Waals surface area contributed by atoms with Crippen molar-refractivity contribution < 1.29 is 9.53 Å². The van der Waals surface area contributed by atoms with E-state index in [0.29, 0.717) is 11.8 Å². The Morgan fingerprint density at radius 2 is 1.96 bits per heavy atom. The van der Waals surface area contributed by atoms with Crippen molar-refractivity contribution in [3.05, 3.63) is 24.3 Å². The number of carbonyl (C=O) groups excluding carboxylic acids is 1. The van der Waals surface area contributed by atoms with Gasteiger partial charge in [-0.15, -0.1) is 6.58 Å². The van der Waals surface area contributed by atoms with E-state index in [2.05, 4.69) is 46.4 Å². The second kappa shape index (κ2) is 5.75. The molecule has 0 N–H and O–H groups in total. The van der Waals surface area contributed by atoms with Crippen LogP contribution in [0.15, 0.2) is 24.3 Å². The summed E-state index contributed by atoms with van der Waals surface area (Å²) in [5, 5.41) is 0. The Morgan fingerprint density at radius 3 is 2.58 bits per heavy atom. The van der Waals surface area contributed by atoms with Crippen molar-refractivity contribution in [2.45, 2.75) is 79.2 Å². The SMILES string of the molecule is C=CC1(C)CC=C2C(CCC3C2(C)CCC(OC(C)=O)C3(C)C)C1. The summed E-state index contributed by atoms with van der Waals surface area (Å²) in [6, 6.07) is 0. The van der Waals surface area contributed by atoms with Gasteiger partial charge in [-0.2, -0.15) is 0 Å².